The molecule has 0 saturated carbocycles. The first kappa shape index (κ1) is 15.1. The first-order valence-electron chi connectivity index (χ1n) is 5.75. The van der Waals surface area contributed by atoms with E-state index < -0.39 is 4.92 Å². The average molecular weight is 322 g/mol. The molecule has 0 aliphatic heterocycles. The van der Waals surface area contributed by atoms with Crippen LogP contribution in [0.4, 0.5) is 5.00 Å². The van der Waals surface area contributed by atoms with Crippen LogP contribution >= 0.6 is 23.1 Å². The van der Waals surface area contributed by atoms with Crippen molar-refractivity contribution in [1.82, 2.24) is 10.4 Å². The summed E-state index contributed by atoms with van der Waals surface area (Å²) in [4.78, 5) is 26.3. The minimum Gasteiger partial charge on any atom is -0.272 e. The van der Waals surface area contributed by atoms with E-state index in [1.165, 1.54) is 24.0 Å². The Bertz CT molecular complexity index is 658. The van der Waals surface area contributed by atoms with E-state index in [2.05, 4.69) is 15.5 Å². The van der Waals surface area contributed by atoms with Gasteiger partial charge in [-0.3, -0.25) is 14.9 Å². The molecule has 0 bridgehead atoms. The largest absolute Gasteiger partial charge is 0.324 e. The number of rotatable bonds is 6. The van der Waals surface area contributed by atoms with Gasteiger partial charge < -0.3 is 0 Å². The van der Waals surface area contributed by atoms with Crippen LogP contribution in [0.1, 0.15) is 4.88 Å². The second-order valence-corrected chi connectivity index (χ2v) is 5.77. The summed E-state index contributed by atoms with van der Waals surface area (Å²) >= 11 is 2.29. The molecule has 21 heavy (non-hydrogen) atoms. The number of thioether (sulfide) groups is 1. The maximum atomic E-state index is 11.5. The summed E-state index contributed by atoms with van der Waals surface area (Å²) in [7, 11) is 0. The average Bonchev–Trinajstić information content (AvgIpc) is 2.95. The van der Waals surface area contributed by atoms with Gasteiger partial charge in [-0.05, 0) is 18.2 Å². The lowest BCUT2D eigenvalue weighted by Crippen LogP contribution is -2.19. The number of hydrazone groups is 1. The molecule has 0 aliphatic carbocycles. The minimum atomic E-state index is -0.468. The molecule has 0 atom stereocenters. The number of aromatic nitrogens is 1. The van der Waals surface area contributed by atoms with Gasteiger partial charge in [-0.2, -0.15) is 5.10 Å². The van der Waals surface area contributed by atoms with E-state index in [1.54, 1.807) is 18.3 Å². The molecule has 1 N–H and O–H groups in total. The Kier molecular flexibility index (Phi) is 5.41. The highest BCUT2D eigenvalue weighted by atomic mass is 32.2. The van der Waals surface area contributed by atoms with Gasteiger partial charge in [0.05, 0.1) is 26.8 Å². The number of nitrogens with zero attached hydrogens (tertiary/aromatic N) is 3. The molecule has 9 heteroatoms. The van der Waals surface area contributed by atoms with Gasteiger partial charge in [0.15, 0.2) is 0 Å². The van der Waals surface area contributed by atoms with Crippen LogP contribution in [-0.4, -0.2) is 27.8 Å². The maximum absolute atomic E-state index is 11.5. The van der Waals surface area contributed by atoms with E-state index in [0.717, 1.165) is 16.4 Å². The molecule has 7 nitrogen and oxygen atoms in total. The Morgan fingerprint density at radius 2 is 2.33 bits per heavy atom. The fourth-order valence-electron chi connectivity index (χ4n) is 1.28. The van der Waals surface area contributed by atoms with E-state index in [1.807, 2.05) is 12.1 Å². The van der Waals surface area contributed by atoms with Crippen LogP contribution in [0.2, 0.25) is 0 Å². The summed E-state index contributed by atoms with van der Waals surface area (Å²) in [5.41, 5.74) is 2.36. The van der Waals surface area contributed by atoms with Crippen LogP contribution in [0.3, 0.4) is 0 Å². The van der Waals surface area contributed by atoms with E-state index in [0.29, 0.717) is 4.88 Å². The molecule has 108 valence electrons. The molecular weight excluding hydrogens is 312 g/mol. The summed E-state index contributed by atoms with van der Waals surface area (Å²) < 4.78 is 0. The van der Waals surface area contributed by atoms with Crippen LogP contribution in [0.25, 0.3) is 0 Å². The normalized spacial score (nSPS) is 10.7. The standard InChI is InChI=1S/C12H10N4O3S2/c17-10(8-20-11-3-1-2-6-13-11)15-14-7-9-4-5-12(21-9)16(18)19/h1-7H,8H2,(H,15,17). The molecule has 2 heterocycles. The van der Waals surface area contributed by atoms with Crippen LogP contribution < -0.4 is 5.43 Å². The van der Waals surface area contributed by atoms with Gasteiger partial charge in [0, 0.05) is 12.3 Å². The molecule has 0 radical (unpaired) electrons. The van der Waals surface area contributed by atoms with Crippen LogP contribution in [0, 0.1) is 10.1 Å². The molecule has 0 fully saturated rings. The van der Waals surface area contributed by atoms with Crippen molar-refractivity contribution in [2.45, 2.75) is 5.03 Å². The molecule has 0 saturated heterocycles. The highest BCUT2D eigenvalue weighted by Crippen LogP contribution is 2.22. The Labute approximate surface area is 128 Å². The van der Waals surface area contributed by atoms with Gasteiger partial charge in [0.2, 0.25) is 5.91 Å². The molecule has 2 aromatic heterocycles. The lowest BCUT2D eigenvalue weighted by atomic mass is 10.5. The third kappa shape index (κ3) is 4.97. The number of nitro groups is 1. The predicted molar refractivity (Wildman–Crippen MR) is 81.7 cm³/mol. The Morgan fingerprint density at radius 3 is 3.00 bits per heavy atom. The van der Waals surface area contributed by atoms with Crippen LogP contribution in [0.15, 0.2) is 46.7 Å². The summed E-state index contributed by atoms with van der Waals surface area (Å²) in [6.45, 7) is 0. The highest BCUT2D eigenvalue weighted by Gasteiger charge is 2.08. The van der Waals surface area contributed by atoms with E-state index in [-0.39, 0.29) is 16.7 Å². The SMILES string of the molecule is O=C(CSc1ccccn1)NN=Cc1ccc([N+](=O)[O-])s1. The zero-order chi connectivity index (χ0) is 15.1. The third-order valence-corrected chi connectivity index (χ3v) is 4.08. The van der Waals surface area contributed by atoms with E-state index in [9.17, 15) is 14.9 Å². The lowest BCUT2D eigenvalue weighted by Gasteiger charge is -1.99. The van der Waals surface area contributed by atoms with Crippen molar-refractivity contribution >= 4 is 40.2 Å². The molecule has 2 aromatic rings. The number of hydrogen-bond acceptors (Lipinski definition) is 7. The monoisotopic (exact) mass is 322 g/mol. The van der Waals surface area contributed by atoms with E-state index in [4.69, 9.17) is 0 Å². The van der Waals surface area contributed by atoms with Crippen LogP contribution in [0.5, 0.6) is 0 Å². The van der Waals surface area contributed by atoms with Gasteiger partial charge in [-0.1, -0.05) is 29.2 Å². The first-order valence-corrected chi connectivity index (χ1v) is 7.55. The molecule has 0 aliphatic rings. The zero-order valence-electron chi connectivity index (χ0n) is 10.6. The zero-order valence-corrected chi connectivity index (χ0v) is 12.3. The number of pyridine rings is 1. The van der Waals surface area contributed by atoms with Gasteiger partial charge in [0.25, 0.3) is 0 Å². The van der Waals surface area contributed by atoms with Gasteiger partial charge in [0.1, 0.15) is 0 Å². The quantitative estimate of drug-likeness (QED) is 0.381. The lowest BCUT2D eigenvalue weighted by molar-refractivity contribution is -0.380. The Hall–Kier alpha value is -2.26. The summed E-state index contributed by atoms with van der Waals surface area (Å²) in [6, 6.07) is 8.42. The fourth-order valence-corrected chi connectivity index (χ4v) is 2.63. The predicted octanol–water partition coefficient (Wildman–Crippen LogP) is 2.29. The second kappa shape index (κ2) is 7.50. The molecular formula is C12H10N4O3S2. The van der Waals surface area contributed by atoms with Crippen molar-refractivity contribution in [3.8, 4) is 0 Å². The van der Waals surface area contributed by atoms with Crippen molar-refractivity contribution in [3.05, 3.63) is 51.5 Å². The number of hydrogen-bond donors (Lipinski definition) is 1. The molecule has 1 amide bonds. The molecule has 2 rings (SSSR count). The number of amides is 1. The van der Waals surface area contributed by atoms with Gasteiger partial charge in [-0.25, -0.2) is 10.4 Å². The highest BCUT2D eigenvalue weighted by molar-refractivity contribution is 7.99. The van der Waals surface area contributed by atoms with Crippen LogP contribution in [-0.2, 0) is 4.79 Å². The van der Waals surface area contributed by atoms with Crippen molar-refractivity contribution in [2.75, 3.05) is 5.75 Å². The first-order chi connectivity index (χ1) is 10.1. The fraction of sp³-hybridized carbons (Fsp3) is 0.0833. The number of thiophene rings is 1. The second-order valence-electron chi connectivity index (χ2n) is 3.68. The van der Waals surface area contributed by atoms with Crippen molar-refractivity contribution in [3.63, 3.8) is 0 Å². The van der Waals surface area contributed by atoms with Crippen molar-refractivity contribution < 1.29 is 9.72 Å². The summed E-state index contributed by atoms with van der Waals surface area (Å²) in [5, 5.41) is 15.1. The number of carbonyl (C=O) groups excluding carboxylic acids is 1. The van der Waals surface area contributed by atoms with Crippen molar-refractivity contribution in [1.29, 1.82) is 0 Å². The molecule has 0 aromatic carbocycles. The number of carbonyl (C=O) groups is 1. The minimum absolute atomic E-state index is 0.0356. The Balaban J connectivity index is 1.77. The van der Waals surface area contributed by atoms with Crippen molar-refractivity contribution in [2.24, 2.45) is 5.10 Å². The molecule has 0 spiro atoms. The maximum Gasteiger partial charge on any atom is 0.324 e. The van der Waals surface area contributed by atoms with E-state index >= 15 is 0 Å². The molecule has 0 unspecified atom stereocenters. The smallest absolute Gasteiger partial charge is 0.272 e. The van der Waals surface area contributed by atoms with Gasteiger partial charge in [-0.15, -0.1) is 0 Å². The number of nitrogens with one attached hydrogen (secondary N) is 1. The summed E-state index contributed by atoms with van der Waals surface area (Å²) in [6.07, 6.45) is 3.03. The summed E-state index contributed by atoms with van der Waals surface area (Å²) in [5.74, 6) is -0.0770. The Morgan fingerprint density at radius 1 is 1.48 bits per heavy atom. The topological polar surface area (TPSA) is 97.5 Å². The van der Waals surface area contributed by atoms with Gasteiger partial charge >= 0.3 is 5.00 Å². The third-order valence-electron chi connectivity index (χ3n) is 2.16.